The number of nitrogen functional groups attached to an aromatic ring is 1. The highest BCUT2D eigenvalue weighted by atomic mass is 32.2. The van der Waals surface area contributed by atoms with Crippen molar-refractivity contribution < 1.29 is 14.3 Å². The van der Waals surface area contributed by atoms with Crippen LogP contribution in [-0.2, 0) is 15.3 Å². The Morgan fingerprint density at radius 1 is 1.23 bits per heavy atom. The fourth-order valence-electron chi connectivity index (χ4n) is 2.71. The molecule has 0 fully saturated rings. The van der Waals surface area contributed by atoms with Gasteiger partial charge in [0, 0.05) is 24.3 Å². The number of anilines is 3. The van der Waals surface area contributed by atoms with Crippen LogP contribution in [0.3, 0.4) is 0 Å². The fraction of sp³-hybridized carbons (Fsp3) is 0.286. The zero-order valence-corrected chi connectivity index (χ0v) is 19.3. The van der Waals surface area contributed by atoms with E-state index in [4.69, 9.17) is 10.5 Å². The molecule has 3 aromatic rings. The van der Waals surface area contributed by atoms with Gasteiger partial charge in [-0.3, -0.25) is 9.69 Å². The molecule has 162 valence electrons. The minimum atomic E-state index is -0.545. The van der Waals surface area contributed by atoms with Gasteiger partial charge in [0.2, 0.25) is 5.91 Å². The Kier molecular flexibility index (Phi) is 7.24. The summed E-state index contributed by atoms with van der Waals surface area (Å²) >= 11 is 2.74. The van der Waals surface area contributed by atoms with E-state index in [1.807, 2.05) is 37.4 Å². The summed E-state index contributed by atoms with van der Waals surface area (Å²) in [5, 5.41) is 2.93. The average Bonchev–Trinajstić information content (AvgIpc) is 3.17. The molecule has 0 aliphatic carbocycles. The molecule has 2 aromatic heterocycles. The second-order valence-electron chi connectivity index (χ2n) is 6.71. The van der Waals surface area contributed by atoms with E-state index < -0.39 is 5.97 Å². The molecular weight excluding hydrogens is 434 g/mol. The van der Waals surface area contributed by atoms with Crippen LogP contribution in [0.2, 0.25) is 0 Å². The number of aromatic nitrogens is 3. The molecule has 0 aliphatic rings. The first-order chi connectivity index (χ1) is 14.8. The number of hydrogen-bond acceptors (Lipinski definition) is 9. The van der Waals surface area contributed by atoms with Crippen LogP contribution in [0.5, 0.6) is 0 Å². The smallest absolute Gasteiger partial charge is 0.343 e. The first kappa shape index (κ1) is 22.7. The molecule has 31 heavy (non-hydrogen) atoms. The summed E-state index contributed by atoms with van der Waals surface area (Å²) in [7, 11) is 0. The van der Waals surface area contributed by atoms with E-state index in [1.165, 1.54) is 36.2 Å². The summed E-state index contributed by atoms with van der Waals surface area (Å²) in [5.41, 5.74) is 9.86. The summed E-state index contributed by atoms with van der Waals surface area (Å²) in [6.07, 6.45) is 1.37. The molecule has 0 atom stereocenters. The quantitative estimate of drug-likeness (QED) is 0.318. The Morgan fingerprint density at radius 2 is 2.00 bits per heavy atom. The third kappa shape index (κ3) is 5.39. The molecule has 3 rings (SSSR count). The predicted molar refractivity (Wildman–Crippen MR) is 123 cm³/mol. The van der Waals surface area contributed by atoms with Crippen LogP contribution < -0.4 is 10.6 Å². The molecule has 0 unspecified atom stereocenters. The summed E-state index contributed by atoms with van der Waals surface area (Å²) in [4.78, 5) is 38.7. The summed E-state index contributed by atoms with van der Waals surface area (Å²) in [6.45, 7) is 7.53. The van der Waals surface area contributed by atoms with Crippen LogP contribution in [0.25, 0.3) is 0 Å². The lowest BCUT2D eigenvalue weighted by molar-refractivity contribution is -0.115. The minimum Gasteiger partial charge on any atom is -0.462 e. The van der Waals surface area contributed by atoms with Gasteiger partial charge in [-0.05, 0) is 44.0 Å². The first-order valence-corrected chi connectivity index (χ1v) is 11.4. The molecule has 0 spiro atoms. The van der Waals surface area contributed by atoms with Crippen LogP contribution in [0.15, 0.2) is 34.9 Å². The number of hydrogen-bond donors (Lipinski definition) is 1. The lowest BCUT2D eigenvalue weighted by Crippen LogP contribution is -2.22. The topological polar surface area (TPSA) is 111 Å². The second-order valence-corrected chi connectivity index (χ2v) is 8.48. The molecule has 0 saturated heterocycles. The predicted octanol–water partition coefficient (Wildman–Crippen LogP) is 4.29. The SMILES string of the molecule is CCOC(=O)c1cnc(SCc2csc(N(C(C)=O)c3ccc(C)c(C)c3)n2)nc1N. The molecule has 2 heterocycles. The second kappa shape index (κ2) is 9.88. The van der Waals surface area contributed by atoms with Crippen LogP contribution in [-0.4, -0.2) is 33.4 Å². The largest absolute Gasteiger partial charge is 0.462 e. The Balaban J connectivity index is 1.73. The molecular formula is C21H23N5O3S2. The normalized spacial score (nSPS) is 10.7. The van der Waals surface area contributed by atoms with Crippen molar-refractivity contribution in [3.63, 3.8) is 0 Å². The summed E-state index contributed by atoms with van der Waals surface area (Å²) in [6, 6.07) is 5.89. The van der Waals surface area contributed by atoms with Crippen LogP contribution in [0.1, 0.15) is 41.0 Å². The number of rotatable bonds is 7. The molecule has 2 N–H and O–H groups in total. The standard InChI is InChI=1S/C21H23N5O3S2/c1-5-29-19(28)17-9-23-20(25-18(17)22)30-10-15-11-31-21(24-15)26(14(4)27)16-7-6-12(2)13(3)8-16/h6-9,11H,5,10H2,1-4H3,(H2,22,23,25). The lowest BCUT2D eigenvalue weighted by Gasteiger charge is -2.19. The molecule has 10 heteroatoms. The molecule has 1 amide bonds. The van der Waals surface area contributed by atoms with Crippen molar-refractivity contribution in [3.8, 4) is 0 Å². The number of benzene rings is 1. The summed E-state index contributed by atoms with van der Waals surface area (Å²) in [5.74, 6) is -0.0841. The molecule has 1 aromatic carbocycles. The molecule has 0 saturated carbocycles. The molecule has 0 radical (unpaired) electrons. The number of thiazole rings is 1. The molecule has 8 nitrogen and oxygen atoms in total. The van der Waals surface area contributed by atoms with Crippen molar-refractivity contribution in [1.29, 1.82) is 0 Å². The Labute approximate surface area is 188 Å². The molecule has 0 aliphatic heterocycles. The Hall–Kier alpha value is -2.98. The van der Waals surface area contributed by atoms with Crippen molar-refractivity contribution in [2.75, 3.05) is 17.2 Å². The van der Waals surface area contributed by atoms with Gasteiger partial charge in [0.25, 0.3) is 0 Å². The van der Waals surface area contributed by atoms with E-state index in [0.29, 0.717) is 16.0 Å². The Bertz CT molecular complexity index is 1120. The van der Waals surface area contributed by atoms with Crippen molar-refractivity contribution in [2.45, 2.75) is 38.6 Å². The van der Waals surface area contributed by atoms with Crippen molar-refractivity contribution in [1.82, 2.24) is 15.0 Å². The van der Waals surface area contributed by atoms with Crippen molar-refractivity contribution in [2.24, 2.45) is 0 Å². The Morgan fingerprint density at radius 3 is 2.65 bits per heavy atom. The van der Waals surface area contributed by atoms with Crippen molar-refractivity contribution >= 4 is 51.6 Å². The number of nitrogens with zero attached hydrogens (tertiary/aromatic N) is 4. The lowest BCUT2D eigenvalue weighted by atomic mass is 10.1. The monoisotopic (exact) mass is 457 g/mol. The number of amides is 1. The van der Waals surface area contributed by atoms with E-state index in [2.05, 4.69) is 15.0 Å². The zero-order chi connectivity index (χ0) is 22.5. The van der Waals surface area contributed by atoms with Crippen LogP contribution in [0.4, 0.5) is 16.6 Å². The number of carbonyl (C=O) groups is 2. The number of aryl methyl sites for hydroxylation is 2. The highest BCUT2D eigenvalue weighted by Gasteiger charge is 2.19. The maximum absolute atomic E-state index is 12.3. The maximum atomic E-state index is 12.3. The first-order valence-electron chi connectivity index (χ1n) is 9.55. The third-order valence-corrected chi connectivity index (χ3v) is 6.20. The number of nitrogens with two attached hydrogens (primary N) is 1. The molecule has 0 bridgehead atoms. The van der Waals surface area contributed by atoms with Crippen molar-refractivity contribution in [3.05, 3.63) is 52.2 Å². The van der Waals surface area contributed by atoms with Gasteiger partial charge in [0.05, 0.1) is 18.0 Å². The van der Waals surface area contributed by atoms with Crippen LogP contribution >= 0.6 is 23.1 Å². The van der Waals surface area contributed by atoms with E-state index in [-0.39, 0.29) is 23.9 Å². The van der Waals surface area contributed by atoms with Gasteiger partial charge in [0.15, 0.2) is 10.3 Å². The van der Waals surface area contributed by atoms with Gasteiger partial charge in [-0.1, -0.05) is 17.8 Å². The fourth-order valence-corrected chi connectivity index (χ4v) is 4.42. The minimum absolute atomic E-state index is 0.0763. The third-order valence-electron chi connectivity index (χ3n) is 4.44. The maximum Gasteiger partial charge on any atom is 0.343 e. The number of esters is 1. The zero-order valence-electron chi connectivity index (χ0n) is 17.7. The number of thioether (sulfide) groups is 1. The van der Waals surface area contributed by atoms with E-state index in [9.17, 15) is 9.59 Å². The van der Waals surface area contributed by atoms with Crippen LogP contribution in [0, 0.1) is 13.8 Å². The van der Waals surface area contributed by atoms with Gasteiger partial charge in [-0.15, -0.1) is 11.3 Å². The van der Waals surface area contributed by atoms with Gasteiger partial charge in [-0.25, -0.2) is 19.7 Å². The van der Waals surface area contributed by atoms with Gasteiger partial charge in [0.1, 0.15) is 11.4 Å². The summed E-state index contributed by atoms with van der Waals surface area (Å²) < 4.78 is 4.93. The highest BCUT2D eigenvalue weighted by molar-refractivity contribution is 7.98. The number of carbonyl (C=O) groups excluding carboxylic acids is 2. The highest BCUT2D eigenvalue weighted by Crippen LogP contribution is 2.32. The van der Waals surface area contributed by atoms with E-state index in [1.54, 1.807) is 11.8 Å². The van der Waals surface area contributed by atoms with E-state index in [0.717, 1.165) is 22.5 Å². The van der Waals surface area contributed by atoms with Gasteiger partial charge in [-0.2, -0.15) is 0 Å². The van der Waals surface area contributed by atoms with E-state index >= 15 is 0 Å². The average molecular weight is 458 g/mol. The number of ether oxygens (including phenoxy) is 1. The van der Waals surface area contributed by atoms with Gasteiger partial charge >= 0.3 is 5.97 Å². The van der Waals surface area contributed by atoms with Gasteiger partial charge < -0.3 is 10.5 Å².